The van der Waals surface area contributed by atoms with Gasteiger partial charge in [0.05, 0.1) is 0 Å². The smallest absolute Gasteiger partial charge is 0.317 e. The second kappa shape index (κ2) is 8.71. The summed E-state index contributed by atoms with van der Waals surface area (Å²) in [5.41, 5.74) is 0. The van der Waals surface area contributed by atoms with E-state index in [0.717, 1.165) is 26.1 Å². The molecule has 4 N–H and O–H groups in total. The lowest BCUT2D eigenvalue weighted by Gasteiger charge is -2.05. The fourth-order valence-corrected chi connectivity index (χ4v) is 2.34. The van der Waals surface area contributed by atoms with E-state index in [2.05, 4.69) is 17.6 Å². The molecular formula is C7H19N2O3PS. The molecule has 0 aliphatic heterocycles. The zero-order valence-corrected chi connectivity index (χ0v) is 10.1. The van der Waals surface area contributed by atoms with Crippen LogP contribution in [0.2, 0.25) is 0 Å². The largest absolute Gasteiger partial charge is 0.384 e. The van der Waals surface area contributed by atoms with E-state index < -0.39 is 6.80 Å². The van der Waals surface area contributed by atoms with Gasteiger partial charge in [-0.1, -0.05) is 6.92 Å². The van der Waals surface area contributed by atoms with Gasteiger partial charge in [-0.05, 0) is 37.4 Å². The molecule has 0 spiro atoms. The van der Waals surface area contributed by atoms with Crippen LogP contribution in [0.15, 0.2) is 0 Å². The zero-order chi connectivity index (χ0) is 10.9. The summed E-state index contributed by atoms with van der Waals surface area (Å²) in [6.45, 7) is 1.68. The second-order valence-corrected chi connectivity index (χ2v) is 6.63. The van der Waals surface area contributed by atoms with Crippen LogP contribution in [0.5, 0.6) is 0 Å². The van der Waals surface area contributed by atoms with E-state index in [1.165, 1.54) is 0 Å². The van der Waals surface area contributed by atoms with Gasteiger partial charge in [0.25, 0.3) is 0 Å². The Morgan fingerprint density at radius 3 is 2.43 bits per heavy atom. The molecule has 0 saturated carbocycles. The quantitative estimate of drug-likeness (QED) is 0.346. The highest BCUT2D eigenvalue weighted by Gasteiger charge is 2.11. The first-order valence-corrected chi connectivity index (χ1v) is 7.88. The molecule has 0 aromatic rings. The zero-order valence-electron chi connectivity index (χ0n) is 8.40. The summed E-state index contributed by atoms with van der Waals surface area (Å²) in [5.74, 6) is 0.450. The minimum Gasteiger partial charge on any atom is -0.317 e. The normalized spacial score (nSPS) is 11.9. The Kier molecular flexibility index (Phi) is 8.97. The number of hydrogen-bond acceptors (Lipinski definition) is 4. The molecule has 0 atom stereocenters. The molecule has 0 aliphatic carbocycles. The van der Waals surface area contributed by atoms with Crippen LogP contribution in [0.1, 0.15) is 13.3 Å². The highest BCUT2D eigenvalue weighted by molar-refractivity contribution is 8.54. The minimum absolute atomic E-state index is 0.450. The van der Waals surface area contributed by atoms with Gasteiger partial charge in [-0.15, -0.1) is 0 Å². The van der Waals surface area contributed by atoms with E-state index in [1.54, 1.807) is 0 Å². The van der Waals surface area contributed by atoms with E-state index in [4.69, 9.17) is 9.79 Å². The predicted octanol–water partition coefficient (Wildman–Crippen LogP) is 0.402. The average molecular weight is 242 g/mol. The molecule has 0 heterocycles. The van der Waals surface area contributed by atoms with Crippen molar-refractivity contribution in [2.75, 3.05) is 31.9 Å². The van der Waals surface area contributed by atoms with Crippen molar-refractivity contribution in [3.05, 3.63) is 0 Å². The first-order valence-electron chi connectivity index (χ1n) is 4.68. The van der Waals surface area contributed by atoms with Crippen LogP contribution in [-0.2, 0) is 4.57 Å². The van der Waals surface area contributed by atoms with Gasteiger partial charge in [0.2, 0.25) is 0 Å². The highest BCUT2D eigenvalue weighted by atomic mass is 32.7. The van der Waals surface area contributed by atoms with Crippen molar-refractivity contribution in [1.29, 1.82) is 0 Å². The maximum Gasteiger partial charge on any atom is 0.384 e. The Balaban J connectivity index is 3.03. The standard InChI is InChI=1S/C7H19N2O3PS/c1-2-8-4-3-5-9-6-7-14-13(10,11)12/h8-9H,2-7H2,1H3,(H2,10,11,12). The predicted molar refractivity (Wildman–Crippen MR) is 60.5 cm³/mol. The van der Waals surface area contributed by atoms with E-state index in [0.29, 0.717) is 23.7 Å². The number of hydrogen-bond donors (Lipinski definition) is 4. The molecule has 0 bridgehead atoms. The molecule has 0 aliphatic rings. The number of rotatable bonds is 9. The summed E-state index contributed by atoms with van der Waals surface area (Å²) in [4.78, 5) is 17.1. The summed E-state index contributed by atoms with van der Waals surface area (Å²) in [6, 6.07) is 0. The molecule has 7 heteroatoms. The van der Waals surface area contributed by atoms with Gasteiger partial charge in [0, 0.05) is 12.3 Å². The molecule has 0 rings (SSSR count). The molecule has 0 aromatic carbocycles. The van der Waals surface area contributed by atoms with Crippen molar-refractivity contribution in [1.82, 2.24) is 10.6 Å². The minimum atomic E-state index is -3.87. The Bertz CT molecular complexity index is 176. The first kappa shape index (κ1) is 14.4. The summed E-state index contributed by atoms with van der Waals surface area (Å²) in [6.07, 6.45) is 1.04. The SMILES string of the molecule is CCNCCCNCCSP(=O)(O)O. The van der Waals surface area contributed by atoms with Crippen LogP contribution in [-0.4, -0.2) is 41.7 Å². The molecule has 0 unspecified atom stereocenters. The van der Waals surface area contributed by atoms with Crippen molar-refractivity contribution in [3.8, 4) is 0 Å². The van der Waals surface area contributed by atoms with E-state index in [9.17, 15) is 4.57 Å². The van der Waals surface area contributed by atoms with Gasteiger partial charge in [0.15, 0.2) is 0 Å². The van der Waals surface area contributed by atoms with Gasteiger partial charge >= 0.3 is 6.80 Å². The van der Waals surface area contributed by atoms with E-state index in [1.807, 2.05) is 0 Å². The Labute approximate surface area is 89.0 Å². The Hall–Kier alpha value is 0.420. The Morgan fingerprint density at radius 1 is 1.21 bits per heavy atom. The summed E-state index contributed by atoms with van der Waals surface area (Å²) < 4.78 is 10.4. The van der Waals surface area contributed by atoms with Crippen LogP contribution in [0.25, 0.3) is 0 Å². The first-order chi connectivity index (χ1) is 6.56. The lowest BCUT2D eigenvalue weighted by molar-refractivity contribution is 0.397. The van der Waals surface area contributed by atoms with Crippen LogP contribution < -0.4 is 10.6 Å². The molecule has 86 valence electrons. The molecule has 0 fully saturated rings. The van der Waals surface area contributed by atoms with Crippen molar-refractivity contribution in [3.63, 3.8) is 0 Å². The van der Waals surface area contributed by atoms with Crippen LogP contribution in [0.4, 0.5) is 0 Å². The highest BCUT2D eigenvalue weighted by Crippen LogP contribution is 2.49. The van der Waals surface area contributed by atoms with E-state index >= 15 is 0 Å². The monoisotopic (exact) mass is 242 g/mol. The van der Waals surface area contributed by atoms with Crippen molar-refractivity contribution >= 4 is 18.2 Å². The van der Waals surface area contributed by atoms with Crippen LogP contribution in [0.3, 0.4) is 0 Å². The fourth-order valence-electron chi connectivity index (χ4n) is 0.877. The van der Waals surface area contributed by atoms with Crippen LogP contribution in [0, 0.1) is 0 Å². The Morgan fingerprint density at radius 2 is 1.86 bits per heavy atom. The third-order valence-electron chi connectivity index (χ3n) is 1.50. The lowest BCUT2D eigenvalue weighted by Crippen LogP contribution is -2.23. The summed E-state index contributed by atoms with van der Waals surface area (Å²) >= 11 is 0.690. The van der Waals surface area contributed by atoms with Crippen molar-refractivity contribution < 1.29 is 14.4 Å². The molecule has 5 nitrogen and oxygen atoms in total. The summed E-state index contributed by atoms with van der Waals surface area (Å²) in [7, 11) is 0. The van der Waals surface area contributed by atoms with Gasteiger partial charge in [-0.2, -0.15) is 0 Å². The topological polar surface area (TPSA) is 81.6 Å². The van der Waals surface area contributed by atoms with Gasteiger partial charge in [0.1, 0.15) is 0 Å². The lowest BCUT2D eigenvalue weighted by atomic mass is 10.4. The van der Waals surface area contributed by atoms with Gasteiger partial charge < -0.3 is 20.4 Å². The third kappa shape index (κ3) is 12.4. The molecular weight excluding hydrogens is 223 g/mol. The second-order valence-electron chi connectivity index (χ2n) is 2.78. The third-order valence-corrected chi connectivity index (χ3v) is 3.78. The molecule has 0 amide bonds. The average Bonchev–Trinajstić information content (AvgIpc) is 2.08. The van der Waals surface area contributed by atoms with Crippen molar-refractivity contribution in [2.24, 2.45) is 0 Å². The molecule has 0 radical (unpaired) electrons. The van der Waals surface area contributed by atoms with Gasteiger partial charge in [-0.25, -0.2) is 4.57 Å². The van der Waals surface area contributed by atoms with Crippen LogP contribution >= 0.6 is 18.2 Å². The van der Waals surface area contributed by atoms with Gasteiger partial charge in [-0.3, -0.25) is 0 Å². The maximum absolute atomic E-state index is 10.4. The maximum atomic E-state index is 10.4. The number of nitrogens with one attached hydrogen (secondary N) is 2. The van der Waals surface area contributed by atoms with Crippen molar-refractivity contribution in [2.45, 2.75) is 13.3 Å². The molecule has 0 saturated heterocycles. The summed E-state index contributed by atoms with van der Waals surface area (Å²) in [5, 5.41) is 6.31. The van der Waals surface area contributed by atoms with E-state index in [-0.39, 0.29) is 0 Å². The fraction of sp³-hybridized carbons (Fsp3) is 1.00. The molecule has 14 heavy (non-hydrogen) atoms. The molecule has 0 aromatic heterocycles.